The van der Waals surface area contributed by atoms with Gasteiger partial charge in [-0.15, -0.1) is 0 Å². The second-order valence-corrected chi connectivity index (χ2v) is 5.60. The van der Waals surface area contributed by atoms with Gasteiger partial charge < -0.3 is 15.6 Å². The standard InChI is InChI=1S/C15H23FN2O2/c1-10-8-18(9-11(2)20-10)6-5-15(19)12-3-4-13(16)14(17)7-12/h3-4,7,10-11,15,19H,5-6,8-9,17H2,1-2H3. The predicted octanol–water partition coefficient (Wildman–Crippen LogP) is 1.94. The lowest BCUT2D eigenvalue weighted by Crippen LogP contribution is -2.45. The second-order valence-electron chi connectivity index (χ2n) is 5.60. The highest BCUT2D eigenvalue weighted by Crippen LogP contribution is 2.22. The smallest absolute Gasteiger partial charge is 0.146 e. The lowest BCUT2D eigenvalue weighted by atomic mass is 10.0. The van der Waals surface area contributed by atoms with Crippen LogP contribution in [0.5, 0.6) is 0 Å². The Morgan fingerprint density at radius 3 is 2.65 bits per heavy atom. The number of halogens is 1. The largest absolute Gasteiger partial charge is 0.396 e. The molecule has 1 aliphatic heterocycles. The number of benzene rings is 1. The quantitative estimate of drug-likeness (QED) is 0.829. The van der Waals surface area contributed by atoms with Crippen LogP contribution in [0.15, 0.2) is 18.2 Å². The van der Waals surface area contributed by atoms with Gasteiger partial charge in [-0.05, 0) is 38.0 Å². The Balaban J connectivity index is 1.88. The minimum absolute atomic E-state index is 0.0789. The summed E-state index contributed by atoms with van der Waals surface area (Å²) < 4.78 is 18.8. The van der Waals surface area contributed by atoms with Crippen molar-refractivity contribution in [1.29, 1.82) is 0 Å². The molecule has 1 aromatic rings. The number of morpholine rings is 1. The lowest BCUT2D eigenvalue weighted by molar-refractivity contribution is -0.0702. The first-order valence-electron chi connectivity index (χ1n) is 7.06. The van der Waals surface area contributed by atoms with Gasteiger partial charge in [-0.1, -0.05) is 6.07 Å². The zero-order valence-electron chi connectivity index (χ0n) is 12.1. The topological polar surface area (TPSA) is 58.7 Å². The summed E-state index contributed by atoms with van der Waals surface area (Å²) in [7, 11) is 0. The number of rotatable bonds is 4. The highest BCUT2D eigenvalue weighted by molar-refractivity contribution is 5.43. The molecule has 112 valence electrons. The van der Waals surface area contributed by atoms with Crippen LogP contribution in [0.1, 0.15) is 31.9 Å². The van der Waals surface area contributed by atoms with Gasteiger partial charge in [0.15, 0.2) is 0 Å². The van der Waals surface area contributed by atoms with E-state index in [0.717, 1.165) is 19.6 Å². The number of hydrogen-bond donors (Lipinski definition) is 2. The van der Waals surface area contributed by atoms with Crippen LogP contribution in [-0.4, -0.2) is 41.8 Å². The van der Waals surface area contributed by atoms with Crippen molar-refractivity contribution in [3.05, 3.63) is 29.6 Å². The summed E-state index contributed by atoms with van der Waals surface area (Å²) >= 11 is 0. The van der Waals surface area contributed by atoms with E-state index in [9.17, 15) is 9.50 Å². The van der Waals surface area contributed by atoms with Gasteiger partial charge >= 0.3 is 0 Å². The van der Waals surface area contributed by atoms with Gasteiger partial charge in [0, 0.05) is 19.6 Å². The molecule has 0 amide bonds. The van der Waals surface area contributed by atoms with Gasteiger partial charge in [0.25, 0.3) is 0 Å². The number of aliphatic hydroxyl groups excluding tert-OH is 1. The molecule has 3 N–H and O–H groups in total. The Morgan fingerprint density at radius 2 is 2.05 bits per heavy atom. The van der Waals surface area contributed by atoms with Crippen molar-refractivity contribution in [1.82, 2.24) is 4.90 Å². The van der Waals surface area contributed by atoms with Crippen molar-refractivity contribution in [3.8, 4) is 0 Å². The molecule has 20 heavy (non-hydrogen) atoms. The molecule has 0 spiro atoms. The van der Waals surface area contributed by atoms with E-state index in [1.54, 1.807) is 6.07 Å². The van der Waals surface area contributed by atoms with Gasteiger partial charge in [0.05, 0.1) is 24.0 Å². The fraction of sp³-hybridized carbons (Fsp3) is 0.600. The number of nitrogens with two attached hydrogens (primary N) is 1. The highest BCUT2D eigenvalue weighted by atomic mass is 19.1. The molecule has 0 radical (unpaired) electrons. The van der Waals surface area contributed by atoms with Gasteiger partial charge in [0.2, 0.25) is 0 Å². The van der Waals surface area contributed by atoms with E-state index in [4.69, 9.17) is 10.5 Å². The molecular weight excluding hydrogens is 259 g/mol. The Kier molecular flexibility index (Phi) is 4.96. The van der Waals surface area contributed by atoms with Crippen LogP contribution in [-0.2, 0) is 4.74 Å². The summed E-state index contributed by atoms with van der Waals surface area (Å²) in [5, 5.41) is 10.2. The zero-order valence-corrected chi connectivity index (χ0v) is 12.1. The average Bonchev–Trinajstić information content (AvgIpc) is 2.38. The van der Waals surface area contributed by atoms with Gasteiger partial charge in [-0.3, -0.25) is 4.90 Å². The Bertz CT molecular complexity index is 445. The molecule has 5 heteroatoms. The number of aliphatic hydroxyl groups is 1. The molecule has 1 heterocycles. The molecule has 0 saturated carbocycles. The summed E-state index contributed by atoms with van der Waals surface area (Å²) in [4.78, 5) is 2.29. The SMILES string of the molecule is CC1CN(CCC(O)c2ccc(F)c(N)c2)CC(C)O1. The van der Waals surface area contributed by atoms with Crippen molar-refractivity contribution < 1.29 is 14.2 Å². The molecule has 0 aromatic heterocycles. The van der Waals surface area contributed by atoms with E-state index in [1.165, 1.54) is 12.1 Å². The summed E-state index contributed by atoms with van der Waals surface area (Å²) in [6, 6.07) is 4.39. The van der Waals surface area contributed by atoms with Crippen molar-refractivity contribution >= 4 is 5.69 Å². The normalized spacial score (nSPS) is 25.6. The molecule has 0 bridgehead atoms. The van der Waals surface area contributed by atoms with E-state index in [1.807, 2.05) is 0 Å². The number of ether oxygens (including phenoxy) is 1. The second kappa shape index (κ2) is 6.52. The zero-order chi connectivity index (χ0) is 14.7. The van der Waals surface area contributed by atoms with Crippen LogP contribution in [0.3, 0.4) is 0 Å². The van der Waals surface area contributed by atoms with Gasteiger partial charge in [-0.25, -0.2) is 4.39 Å². The molecule has 1 aliphatic rings. The molecule has 1 saturated heterocycles. The third kappa shape index (κ3) is 3.91. The number of hydrogen-bond acceptors (Lipinski definition) is 4. The van der Waals surface area contributed by atoms with Crippen LogP contribution >= 0.6 is 0 Å². The van der Waals surface area contributed by atoms with Crippen molar-refractivity contribution in [2.24, 2.45) is 0 Å². The molecule has 4 nitrogen and oxygen atoms in total. The van der Waals surface area contributed by atoms with E-state index < -0.39 is 11.9 Å². The number of anilines is 1. The molecule has 1 fully saturated rings. The van der Waals surface area contributed by atoms with Crippen LogP contribution in [0, 0.1) is 5.82 Å². The van der Waals surface area contributed by atoms with Crippen LogP contribution in [0.2, 0.25) is 0 Å². The first-order chi connectivity index (χ1) is 9.45. The van der Waals surface area contributed by atoms with Crippen LogP contribution < -0.4 is 5.73 Å². The predicted molar refractivity (Wildman–Crippen MR) is 76.8 cm³/mol. The molecule has 1 aromatic carbocycles. The maximum atomic E-state index is 13.1. The molecule has 2 rings (SSSR count). The molecule has 3 unspecified atom stereocenters. The van der Waals surface area contributed by atoms with Crippen molar-refractivity contribution in [3.63, 3.8) is 0 Å². The average molecular weight is 282 g/mol. The first kappa shape index (κ1) is 15.2. The van der Waals surface area contributed by atoms with E-state index in [0.29, 0.717) is 12.0 Å². The highest BCUT2D eigenvalue weighted by Gasteiger charge is 2.22. The Hall–Kier alpha value is -1.17. The van der Waals surface area contributed by atoms with E-state index >= 15 is 0 Å². The monoisotopic (exact) mass is 282 g/mol. The number of nitrogens with zero attached hydrogens (tertiary/aromatic N) is 1. The van der Waals surface area contributed by atoms with Gasteiger partial charge in [-0.2, -0.15) is 0 Å². The number of nitrogen functional groups attached to an aromatic ring is 1. The third-order valence-corrected chi connectivity index (χ3v) is 3.62. The minimum atomic E-state index is -0.619. The van der Waals surface area contributed by atoms with E-state index in [-0.39, 0.29) is 17.9 Å². The maximum absolute atomic E-state index is 13.1. The van der Waals surface area contributed by atoms with Gasteiger partial charge in [0.1, 0.15) is 5.82 Å². The van der Waals surface area contributed by atoms with Crippen LogP contribution in [0.4, 0.5) is 10.1 Å². The van der Waals surface area contributed by atoms with E-state index in [2.05, 4.69) is 18.7 Å². The maximum Gasteiger partial charge on any atom is 0.146 e. The molecule has 3 atom stereocenters. The lowest BCUT2D eigenvalue weighted by Gasteiger charge is -2.35. The molecular formula is C15H23FN2O2. The third-order valence-electron chi connectivity index (χ3n) is 3.62. The Morgan fingerprint density at radius 1 is 1.40 bits per heavy atom. The molecule has 0 aliphatic carbocycles. The summed E-state index contributed by atoms with van der Waals surface area (Å²) in [6.07, 6.45) is 0.422. The van der Waals surface area contributed by atoms with Crippen molar-refractivity contribution in [2.45, 2.75) is 38.6 Å². The minimum Gasteiger partial charge on any atom is -0.396 e. The fourth-order valence-electron chi connectivity index (χ4n) is 2.71. The Labute approximate surface area is 119 Å². The first-order valence-corrected chi connectivity index (χ1v) is 7.06. The summed E-state index contributed by atoms with van der Waals surface area (Å²) in [6.45, 7) is 6.65. The fourth-order valence-corrected chi connectivity index (χ4v) is 2.71. The van der Waals surface area contributed by atoms with Crippen molar-refractivity contribution in [2.75, 3.05) is 25.4 Å². The summed E-state index contributed by atoms with van der Waals surface area (Å²) in [5.74, 6) is -0.447. The summed E-state index contributed by atoms with van der Waals surface area (Å²) in [5.41, 5.74) is 6.26. The van der Waals surface area contributed by atoms with Crippen LogP contribution in [0.25, 0.3) is 0 Å².